The second-order valence-electron chi connectivity index (χ2n) is 4.94. The number of aromatic nitrogens is 1. The smallest absolute Gasteiger partial charge is 0.339 e. The highest BCUT2D eigenvalue weighted by Gasteiger charge is 2.18. The molecule has 0 saturated heterocycles. The summed E-state index contributed by atoms with van der Waals surface area (Å²) in [5, 5.41) is 9.31. The van der Waals surface area contributed by atoms with Crippen molar-refractivity contribution in [2.45, 2.75) is 34.1 Å². The van der Waals surface area contributed by atoms with Crippen LogP contribution in [0, 0.1) is 19.8 Å². The highest BCUT2D eigenvalue weighted by molar-refractivity contribution is 5.95. The minimum atomic E-state index is -0.911. The summed E-state index contributed by atoms with van der Waals surface area (Å²) in [6.07, 6.45) is 1.08. The SMILES string of the molecule is CCC(C)CN(C)c1cc(C)nc(C)c1C(=O)O. The van der Waals surface area contributed by atoms with Crippen molar-refractivity contribution >= 4 is 11.7 Å². The second kappa shape index (κ2) is 5.85. The summed E-state index contributed by atoms with van der Waals surface area (Å²) in [6, 6.07) is 1.85. The molecule has 0 spiro atoms. The van der Waals surface area contributed by atoms with Gasteiger partial charge in [-0.05, 0) is 25.8 Å². The quantitative estimate of drug-likeness (QED) is 0.873. The van der Waals surface area contributed by atoms with Crippen molar-refractivity contribution in [2.24, 2.45) is 5.92 Å². The third-order valence-corrected chi connectivity index (χ3v) is 3.22. The molecule has 1 atom stereocenters. The van der Waals surface area contributed by atoms with Crippen LogP contribution in [0.25, 0.3) is 0 Å². The zero-order valence-corrected chi connectivity index (χ0v) is 11.8. The number of carboxylic acid groups (broad SMARTS) is 1. The largest absolute Gasteiger partial charge is 0.478 e. The lowest BCUT2D eigenvalue weighted by molar-refractivity contribution is 0.0696. The van der Waals surface area contributed by atoms with Crippen molar-refractivity contribution in [1.29, 1.82) is 0 Å². The average molecular weight is 250 g/mol. The Morgan fingerprint density at radius 3 is 2.61 bits per heavy atom. The highest BCUT2D eigenvalue weighted by atomic mass is 16.4. The van der Waals surface area contributed by atoms with Crippen LogP contribution in [-0.2, 0) is 0 Å². The molecule has 0 saturated carbocycles. The van der Waals surface area contributed by atoms with Crippen LogP contribution >= 0.6 is 0 Å². The molecule has 0 radical (unpaired) electrons. The maximum absolute atomic E-state index is 11.3. The van der Waals surface area contributed by atoms with Gasteiger partial charge in [-0.15, -0.1) is 0 Å². The molecule has 0 aliphatic rings. The van der Waals surface area contributed by atoms with Crippen molar-refractivity contribution in [3.63, 3.8) is 0 Å². The van der Waals surface area contributed by atoms with E-state index in [-0.39, 0.29) is 0 Å². The standard InChI is InChI=1S/C14H22N2O2/c1-6-9(2)8-16(5)12-7-10(3)15-11(4)13(12)14(17)18/h7,9H,6,8H2,1-5H3,(H,17,18). The fourth-order valence-corrected chi connectivity index (χ4v) is 2.07. The first kappa shape index (κ1) is 14.5. The van der Waals surface area contributed by atoms with Crippen molar-refractivity contribution in [3.05, 3.63) is 23.0 Å². The summed E-state index contributed by atoms with van der Waals surface area (Å²) < 4.78 is 0. The molecule has 4 heteroatoms. The molecule has 1 N–H and O–H groups in total. The molecule has 0 fully saturated rings. The van der Waals surface area contributed by atoms with Gasteiger partial charge in [-0.3, -0.25) is 4.98 Å². The van der Waals surface area contributed by atoms with Crippen molar-refractivity contribution < 1.29 is 9.90 Å². The summed E-state index contributed by atoms with van der Waals surface area (Å²) in [5.41, 5.74) is 2.50. The van der Waals surface area contributed by atoms with E-state index in [0.29, 0.717) is 17.2 Å². The molecule has 0 bridgehead atoms. The zero-order valence-electron chi connectivity index (χ0n) is 11.8. The zero-order chi connectivity index (χ0) is 13.9. The summed E-state index contributed by atoms with van der Waals surface area (Å²) in [5.74, 6) is -0.378. The Balaban J connectivity index is 3.17. The molecule has 1 aromatic heterocycles. The minimum Gasteiger partial charge on any atom is -0.478 e. The number of aromatic carboxylic acids is 1. The summed E-state index contributed by atoms with van der Waals surface area (Å²) >= 11 is 0. The molecule has 1 rings (SSSR count). The first-order valence-electron chi connectivity index (χ1n) is 6.29. The molecule has 0 amide bonds. The number of rotatable bonds is 5. The van der Waals surface area contributed by atoms with Crippen LogP contribution in [0.1, 0.15) is 42.0 Å². The summed E-state index contributed by atoms with van der Waals surface area (Å²) in [6.45, 7) is 8.79. The molecule has 4 nitrogen and oxygen atoms in total. The minimum absolute atomic E-state index is 0.311. The van der Waals surface area contributed by atoms with Crippen LogP contribution < -0.4 is 4.90 Å². The number of carboxylic acids is 1. The number of nitrogens with zero attached hydrogens (tertiary/aromatic N) is 2. The Hall–Kier alpha value is -1.58. The van der Waals surface area contributed by atoms with Crippen molar-refractivity contribution in [2.75, 3.05) is 18.5 Å². The van der Waals surface area contributed by atoms with Gasteiger partial charge in [-0.25, -0.2) is 4.79 Å². The number of hydrogen-bond donors (Lipinski definition) is 1. The number of hydrogen-bond acceptors (Lipinski definition) is 3. The summed E-state index contributed by atoms with van der Waals surface area (Å²) in [4.78, 5) is 17.6. The van der Waals surface area contributed by atoms with Crippen LogP contribution in [0.15, 0.2) is 6.07 Å². The molecule has 1 heterocycles. The van der Waals surface area contributed by atoms with Gasteiger partial charge in [0.15, 0.2) is 0 Å². The predicted molar refractivity (Wildman–Crippen MR) is 73.4 cm³/mol. The average Bonchev–Trinajstić information content (AvgIpc) is 2.26. The van der Waals surface area contributed by atoms with Crippen molar-refractivity contribution in [1.82, 2.24) is 4.98 Å². The maximum Gasteiger partial charge on any atom is 0.339 e. The molecule has 0 aromatic carbocycles. The van der Waals surface area contributed by atoms with E-state index in [9.17, 15) is 9.90 Å². The van der Waals surface area contributed by atoms with Gasteiger partial charge in [0.2, 0.25) is 0 Å². The van der Waals surface area contributed by atoms with Gasteiger partial charge in [-0.2, -0.15) is 0 Å². The first-order valence-corrected chi connectivity index (χ1v) is 6.29. The molecule has 0 aliphatic carbocycles. The molecule has 1 unspecified atom stereocenters. The number of pyridine rings is 1. The van der Waals surface area contributed by atoms with E-state index >= 15 is 0 Å². The van der Waals surface area contributed by atoms with Gasteiger partial charge < -0.3 is 10.0 Å². The van der Waals surface area contributed by atoms with Gasteiger partial charge in [0.05, 0.1) is 11.4 Å². The molecular weight excluding hydrogens is 228 g/mol. The van der Waals surface area contributed by atoms with Gasteiger partial charge in [0.25, 0.3) is 0 Å². The van der Waals surface area contributed by atoms with Gasteiger partial charge in [0.1, 0.15) is 5.56 Å². The molecule has 18 heavy (non-hydrogen) atoms. The number of aryl methyl sites for hydroxylation is 2. The molecular formula is C14H22N2O2. The number of anilines is 1. The van der Waals surface area contributed by atoms with Crippen LogP contribution in [-0.4, -0.2) is 29.7 Å². The Bertz CT molecular complexity index is 444. The van der Waals surface area contributed by atoms with Crippen LogP contribution in [0.2, 0.25) is 0 Å². The van der Waals surface area contributed by atoms with E-state index in [1.165, 1.54) is 0 Å². The van der Waals surface area contributed by atoms with Gasteiger partial charge in [0, 0.05) is 19.3 Å². The first-order chi connectivity index (χ1) is 8.36. The van der Waals surface area contributed by atoms with E-state index in [0.717, 1.165) is 24.3 Å². The van der Waals surface area contributed by atoms with Crippen LogP contribution in [0.4, 0.5) is 5.69 Å². The Kier molecular flexibility index (Phi) is 4.70. The topological polar surface area (TPSA) is 53.4 Å². The van der Waals surface area contributed by atoms with Crippen LogP contribution in [0.3, 0.4) is 0 Å². The monoisotopic (exact) mass is 250 g/mol. The third kappa shape index (κ3) is 3.22. The lowest BCUT2D eigenvalue weighted by atomic mass is 10.1. The lowest BCUT2D eigenvalue weighted by Gasteiger charge is -2.25. The van der Waals surface area contributed by atoms with E-state index in [1.807, 2.05) is 24.9 Å². The van der Waals surface area contributed by atoms with E-state index < -0.39 is 5.97 Å². The normalized spacial score (nSPS) is 12.3. The summed E-state index contributed by atoms with van der Waals surface area (Å²) in [7, 11) is 1.94. The van der Waals surface area contributed by atoms with E-state index in [4.69, 9.17) is 0 Å². The molecule has 100 valence electrons. The van der Waals surface area contributed by atoms with E-state index in [2.05, 4.69) is 18.8 Å². The Labute approximate surface area is 109 Å². The highest BCUT2D eigenvalue weighted by Crippen LogP contribution is 2.24. The second-order valence-corrected chi connectivity index (χ2v) is 4.94. The third-order valence-electron chi connectivity index (χ3n) is 3.22. The molecule has 1 aromatic rings. The Morgan fingerprint density at radius 2 is 2.11 bits per heavy atom. The maximum atomic E-state index is 11.3. The number of carbonyl (C=O) groups is 1. The fourth-order valence-electron chi connectivity index (χ4n) is 2.07. The van der Waals surface area contributed by atoms with Gasteiger partial charge >= 0.3 is 5.97 Å². The van der Waals surface area contributed by atoms with E-state index in [1.54, 1.807) is 6.92 Å². The lowest BCUT2D eigenvalue weighted by Crippen LogP contribution is -2.26. The Morgan fingerprint density at radius 1 is 1.50 bits per heavy atom. The predicted octanol–water partition coefficient (Wildman–Crippen LogP) is 2.88. The fraction of sp³-hybridized carbons (Fsp3) is 0.571. The molecule has 0 aliphatic heterocycles. The van der Waals surface area contributed by atoms with Crippen LogP contribution in [0.5, 0.6) is 0 Å². The van der Waals surface area contributed by atoms with Crippen molar-refractivity contribution in [3.8, 4) is 0 Å². The van der Waals surface area contributed by atoms with Gasteiger partial charge in [-0.1, -0.05) is 20.3 Å².